The van der Waals surface area contributed by atoms with Gasteiger partial charge in [-0.2, -0.15) is 4.89 Å². The molecule has 0 spiro atoms. The number of allylic oxidation sites excluding steroid dienone is 2. The lowest BCUT2D eigenvalue weighted by Crippen LogP contribution is -1.91. The molecule has 1 aliphatic heterocycles. The summed E-state index contributed by atoms with van der Waals surface area (Å²) in [5.74, 6) is 1.36. The Morgan fingerprint density at radius 3 is 3.50 bits per heavy atom. The van der Waals surface area contributed by atoms with E-state index in [0.29, 0.717) is 12.5 Å². The first-order chi connectivity index (χ1) is 3.97. The fourth-order valence-corrected chi connectivity index (χ4v) is 0.906. The van der Waals surface area contributed by atoms with Crippen LogP contribution in [-0.2, 0) is 9.78 Å². The second-order valence-electron chi connectivity index (χ2n) is 1.93. The highest BCUT2D eigenvalue weighted by Gasteiger charge is 2.23. The van der Waals surface area contributed by atoms with Crippen molar-refractivity contribution in [1.82, 2.24) is 0 Å². The molecule has 0 saturated carbocycles. The maximum Gasteiger partial charge on any atom is 0.151 e. The molecule has 1 aliphatic carbocycles. The van der Waals surface area contributed by atoms with Gasteiger partial charge in [0.2, 0.25) is 0 Å². The van der Waals surface area contributed by atoms with E-state index < -0.39 is 0 Å². The molecule has 0 radical (unpaired) electrons. The van der Waals surface area contributed by atoms with Crippen LogP contribution in [0.25, 0.3) is 0 Å². The Bertz CT molecular complexity index is 158. The van der Waals surface area contributed by atoms with Crippen LogP contribution in [0.3, 0.4) is 0 Å². The molecule has 1 unspecified atom stereocenters. The first-order valence-corrected chi connectivity index (χ1v) is 2.65. The van der Waals surface area contributed by atoms with Crippen molar-refractivity contribution in [2.24, 2.45) is 5.92 Å². The molecule has 1 atom stereocenters. The molecule has 8 heavy (non-hydrogen) atoms. The Morgan fingerprint density at radius 1 is 1.62 bits per heavy atom. The second kappa shape index (κ2) is 1.36. The molecule has 0 aromatic heterocycles. The van der Waals surface area contributed by atoms with E-state index in [-0.39, 0.29) is 0 Å². The predicted molar refractivity (Wildman–Crippen MR) is 27.7 cm³/mol. The Labute approximate surface area is 47.3 Å². The normalized spacial score (nSPS) is 32.0. The summed E-state index contributed by atoms with van der Waals surface area (Å²) in [6, 6.07) is 0. The molecule has 0 aromatic rings. The van der Waals surface area contributed by atoms with Crippen LogP contribution in [0.5, 0.6) is 0 Å². The van der Waals surface area contributed by atoms with E-state index in [2.05, 4.69) is 6.08 Å². The minimum absolute atomic E-state index is 0.412. The standard InChI is InChI=1S/C6H6O2/c1-2-5-4-7-8-6(5)3-1/h1-3,5H,4H2. The van der Waals surface area contributed by atoms with Crippen LogP contribution >= 0.6 is 0 Å². The van der Waals surface area contributed by atoms with Crippen LogP contribution in [-0.4, -0.2) is 6.61 Å². The molecule has 0 amide bonds. The van der Waals surface area contributed by atoms with Crippen LogP contribution in [0.2, 0.25) is 0 Å². The zero-order valence-corrected chi connectivity index (χ0v) is 4.33. The zero-order chi connectivity index (χ0) is 5.40. The first kappa shape index (κ1) is 4.15. The number of rotatable bonds is 0. The van der Waals surface area contributed by atoms with Gasteiger partial charge >= 0.3 is 0 Å². The third-order valence-electron chi connectivity index (χ3n) is 1.37. The Morgan fingerprint density at radius 2 is 2.62 bits per heavy atom. The van der Waals surface area contributed by atoms with Gasteiger partial charge in [-0.1, -0.05) is 12.2 Å². The molecule has 1 saturated heterocycles. The highest BCUT2D eigenvalue weighted by molar-refractivity contribution is 5.23. The largest absolute Gasteiger partial charge is 0.341 e. The van der Waals surface area contributed by atoms with Crippen LogP contribution in [0.15, 0.2) is 24.0 Å². The third-order valence-corrected chi connectivity index (χ3v) is 1.37. The van der Waals surface area contributed by atoms with Crippen molar-refractivity contribution in [3.8, 4) is 0 Å². The maximum absolute atomic E-state index is 4.78. The predicted octanol–water partition coefficient (Wildman–Crippen LogP) is 1.02. The lowest BCUT2D eigenvalue weighted by molar-refractivity contribution is -0.223. The summed E-state index contributed by atoms with van der Waals surface area (Å²) in [5, 5.41) is 0. The summed E-state index contributed by atoms with van der Waals surface area (Å²) in [4.78, 5) is 9.47. The highest BCUT2D eigenvalue weighted by atomic mass is 17.2. The first-order valence-electron chi connectivity index (χ1n) is 2.65. The van der Waals surface area contributed by atoms with E-state index in [9.17, 15) is 0 Å². The molecule has 2 nitrogen and oxygen atoms in total. The number of hydrogen-bond acceptors (Lipinski definition) is 2. The minimum atomic E-state index is 0.412. The molecule has 42 valence electrons. The highest BCUT2D eigenvalue weighted by Crippen LogP contribution is 2.26. The van der Waals surface area contributed by atoms with Gasteiger partial charge in [0.1, 0.15) is 6.61 Å². The van der Waals surface area contributed by atoms with Gasteiger partial charge in [-0.3, -0.25) is 0 Å². The molecule has 2 heteroatoms. The second-order valence-corrected chi connectivity index (χ2v) is 1.93. The molecule has 2 aliphatic rings. The Hall–Kier alpha value is -0.760. The zero-order valence-electron chi connectivity index (χ0n) is 4.33. The van der Waals surface area contributed by atoms with Crippen molar-refractivity contribution in [3.63, 3.8) is 0 Å². The Balaban J connectivity index is 2.29. The smallest absolute Gasteiger partial charge is 0.151 e. The number of hydrogen-bond donors (Lipinski definition) is 0. The average molecular weight is 110 g/mol. The van der Waals surface area contributed by atoms with E-state index in [1.807, 2.05) is 12.2 Å². The fraction of sp³-hybridized carbons (Fsp3) is 0.333. The minimum Gasteiger partial charge on any atom is -0.341 e. The van der Waals surface area contributed by atoms with Gasteiger partial charge in [-0.25, -0.2) is 0 Å². The number of fused-ring (bicyclic) bond motifs is 1. The summed E-state index contributed by atoms with van der Waals surface area (Å²) in [5.41, 5.74) is 0. The van der Waals surface area contributed by atoms with E-state index in [1.54, 1.807) is 0 Å². The van der Waals surface area contributed by atoms with Crippen LogP contribution in [0, 0.1) is 5.92 Å². The van der Waals surface area contributed by atoms with Crippen molar-refractivity contribution >= 4 is 0 Å². The SMILES string of the molecule is C1=CC2COOC2=C1. The van der Waals surface area contributed by atoms with E-state index in [4.69, 9.17) is 9.78 Å². The molecule has 1 fully saturated rings. The molecule has 0 N–H and O–H groups in total. The topological polar surface area (TPSA) is 18.5 Å². The maximum atomic E-state index is 4.78. The van der Waals surface area contributed by atoms with Gasteiger partial charge in [0.05, 0.1) is 5.92 Å². The summed E-state index contributed by atoms with van der Waals surface area (Å²) in [6.45, 7) is 0.683. The summed E-state index contributed by atoms with van der Waals surface area (Å²) >= 11 is 0. The quantitative estimate of drug-likeness (QED) is 0.433. The summed E-state index contributed by atoms with van der Waals surface area (Å²) in [7, 11) is 0. The molecule has 0 aromatic carbocycles. The van der Waals surface area contributed by atoms with E-state index in [1.165, 1.54) is 0 Å². The monoisotopic (exact) mass is 110 g/mol. The van der Waals surface area contributed by atoms with Gasteiger partial charge in [-0.15, -0.1) is 0 Å². The van der Waals surface area contributed by atoms with Crippen molar-refractivity contribution in [1.29, 1.82) is 0 Å². The van der Waals surface area contributed by atoms with Gasteiger partial charge in [-0.05, 0) is 6.08 Å². The van der Waals surface area contributed by atoms with Crippen molar-refractivity contribution in [2.75, 3.05) is 6.61 Å². The van der Waals surface area contributed by atoms with Crippen molar-refractivity contribution < 1.29 is 9.78 Å². The van der Waals surface area contributed by atoms with E-state index >= 15 is 0 Å². The van der Waals surface area contributed by atoms with Crippen LogP contribution in [0.4, 0.5) is 0 Å². The van der Waals surface area contributed by atoms with E-state index in [0.717, 1.165) is 5.76 Å². The van der Waals surface area contributed by atoms with Gasteiger partial charge < -0.3 is 4.89 Å². The van der Waals surface area contributed by atoms with Crippen LogP contribution in [0.1, 0.15) is 0 Å². The Kier molecular flexibility index (Phi) is 0.704. The summed E-state index contributed by atoms with van der Waals surface area (Å²) in [6.07, 6.45) is 5.99. The van der Waals surface area contributed by atoms with Gasteiger partial charge in [0.15, 0.2) is 5.76 Å². The average Bonchev–Trinajstić information content (AvgIpc) is 2.15. The lowest BCUT2D eigenvalue weighted by Gasteiger charge is -1.89. The van der Waals surface area contributed by atoms with Gasteiger partial charge in [0.25, 0.3) is 0 Å². The molecule has 1 heterocycles. The molecular formula is C6H6O2. The summed E-state index contributed by atoms with van der Waals surface area (Å²) < 4.78 is 0. The lowest BCUT2D eigenvalue weighted by atomic mass is 10.2. The molecule has 2 rings (SSSR count). The fourth-order valence-electron chi connectivity index (χ4n) is 0.906. The molecular weight excluding hydrogens is 104 g/mol. The van der Waals surface area contributed by atoms with Gasteiger partial charge in [0, 0.05) is 0 Å². The van der Waals surface area contributed by atoms with Crippen molar-refractivity contribution in [3.05, 3.63) is 24.0 Å². The van der Waals surface area contributed by atoms with Crippen molar-refractivity contribution in [2.45, 2.75) is 0 Å². The third kappa shape index (κ3) is 0.406. The molecule has 0 bridgehead atoms. The van der Waals surface area contributed by atoms with Crippen LogP contribution < -0.4 is 0 Å².